The van der Waals surface area contributed by atoms with E-state index in [1.165, 1.54) is 49.4 Å². The van der Waals surface area contributed by atoms with Crippen molar-refractivity contribution in [2.24, 2.45) is 0 Å². The van der Waals surface area contributed by atoms with Crippen LogP contribution in [0.25, 0.3) is 87.8 Å². The van der Waals surface area contributed by atoms with Crippen molar-refractivity contribution in [3.8, 4) is 33.4 Å². The van der Waals surface area contributed by atoms with E-state index in [4.69, 9.17) is 8.83 Å². The summed E-state index contributed by atoms with van der Waals surface area (Å²) >= 11 is 0. The Hall–Kier alpha value is -5.60. The number of furan rings is 2. The molecule has 0 radical (unpaired) electrons. The van der Waals surface area contributed by atoms with E-state index in [0.29, 0.717) is 0 Å². The van der Waals surface area contributed by atoms with E-state index in [1.807, 2.05) is 12.1 Å². The molecule has 9 aromatic rings. The Morgan fingerprint density at radius 1 is 0.333 bits per heavy atom. The molecule has 0 fully saturated rings. The van der Waals surface area contributed by atoms with Crippen molar-refractivity contribution >= 4 is 54.5 Å². The van der Waals surface area contributed by atoms with E-state index in [9.17, 15) is 0 Å². The van der Waals surface area contributed by atoms with Crippen LogP contribution in [0.3, 0.4) is 0 Å². The Kier molecular flexibility index (Phi) is 4.93. The van der Waals surface area contributed by atoms with Gasteiger partial charge in [0.2, 0.25) is 0 Å². The first-order valence-corrected chi connectivity index (χ1v) is 14.3. The first-order chi connectivity index (χ1) is 20.8. The summed E-state index contributed by atoms with van der Waals surface area (Å²) in [6, 6.07) is 49.8. The van der Waals surface area contributed by atoms with E-state index >= 15 is 0 Å². The number of hydrogen-bond acceptors (Lipinski definition) is 2. The van der Waals surface area contributed by atoms with Crippen LogP contribution in [0.15, 0.2) is 155 Å². The topological polar surface area (TPSA) is 26.3 Å². The van der Waals surface area contributed by atoms with Gasteiger partial charge in [0.1, 0.15) is 16.7 Å². The van der Waals surface area contributed by atoms with Gasteiger partial charge in [0, 0.05) is 10.8 Å². The van der Waals surface area contributed by atoms with Crippen LogP contribution in [-0.4, -0.2) is 0 Å². The molecule has 0 aliphatic carbocycles. The molecule has 0 saturated carbocycles. The first-order valence-electron chi connectivity index (χ1n) is 14.3. The normalized spacial score (nSPS) is 11.8. The predicted octanol–water partition coefficient (Wildman–Crippen LogP) is 11.6. The van der Waals surface area contributed by atoms with Crippen molar-refractivity contribution < 1.29 is 8.83 Å². The van der Waals surface area contributed by atoms with Crippen LogP contribution in [0, 0.1) is 0 Å². The fourth-order valence-electron chi connectivity index (χ4n) is 6.67. The minimum absolute atomic E-state index is 0.839. The molecule has 2 aromatic heterocycles. The third-order valence-electron chi connectivity index (χ3n) is 8.55. The Morgan fingerprint density at radius 2 is 0.929 bits per heavy atom. The molecule has 0 amide bonds. The second-order valence-corrected chi connectivity index (χ2v) is 10.9. The van der Waals surface area contributed by atoms with Crippen LogP contribution in [0.1, 0.15) is 0 Å². The van der Waals surface area contributed by atoms with Crippen LogP contribution in [0.2, 0.25) is 0 Å². The molecule has 2 heterocycles. The third kappa shape index (κ3) is 3.39. The van der Waals surface area contributed by atoms with Crippen molar-refractivity contribution in [2.45, 2.75) is 0 Å². The largest absolute Gasteiger partial charge is 0.464 e. The molecule has 0 aliphatic rings. The molecule has 0 atom stereocenters. The van der Waals surface area contributed by atoms with Crippen LogP contribution in [0.4, 0.5) is 0 Å². The number of benzene rings is 7. The summed E-state index contributed by atoms with van der Waals surface area (Å²) in [5.74, 6) is 0. The lowest BCUT2D eigenvalue weighted by Gasteiger charge is -2.18. The minimum Gasteiger partial charge on any atom is -0.464 e. The Bertz CT molecular complexity index is 2400. The summed E-state index contributed by atoms with van der Waals surface area (Å²) in [5, 5.41) is 8.15. The fourth-order valence-corrected chi connectivity index (χ4v) is 6.67. The van der Waals surface area contributed by atoms with Gasteiger partial charge in [-0.15, -0.1) is 0 Å². The minimum atomic E-state index is 0.839. The average molecular weight is 537 g/mol. The molecule has 0 bridgehead atoms. The number of rotatable bonds is 3. The molecular formula is C40H24O2. The van der Waals surface area contributed by atoms with Crippen molar-refractivity contribution in [3.63, 3.8) is 0 Å². The maximum atomic E-state index is 6.50. The molecule has 0 saturated heterocycles. The molecule has 2 nitrogen and oxygen atoms in total. The zero-order valence-electron chi connectivity index (χ0n) is 22.7. The van der Waals surface area contributed by atoms with Crippen LogP contribution < -0.4 is 0 Å². The highest BCUT2D eigenvalue weighted by atomic mass is 16.3. The lowest BCUT2D eigenvalue weighted by atomic mass is 9.85. The highest BCUT2D eigenvalue weighted by Crippen LogP contribution is 2.45. The monoisotopic (exact) mass is 536 g/mol. The van der Waals surface area contributed by atoms with E-state index < -0.39 is 0 Å². The van der Waals surface area contributed by atoms with Gasteiger partial charge >= 0.3 is 0 Å². The van der Waals surface area contributed by atoms with Gasteiger partial charge < -0.3 is 8.83 Å². The molecule has 7 aromatic carbocycles. The quantitative estimate of drug-likeness (QED) is 0.210. The molecule has 0 N–H and O–H groups in total. The van der Waals surface area contributed by atoms with Gasteiger partial charge in [0.05, 0.1) is 11.6 Å². The lowest BCUT2D eigenvalue weighted by Crippen LogP contribution is -1.91. The summed E-state index contributed by atoms with van der Waals surface area (Å²) < 4.78 is 12.1. The van der Waals surface area contributed by atoms with E-state index in [2.05, 4.69) is 127 Å². The van der Waals surface area contributed by atoms with Crippen LogP contribution in [-0.2, 0) is 0 Å². The highest BCUT2D eigenvalue weighted by Gasteiger charge is 2.18. The lowest BCUT2D eigenvalue weighted by molar-refractivity contribution is 0.615. The summed E-state index contributed by atoms with van der Waals surface area (Å²) in [6.07, 6.45) is 1.72. The molecular weight excluding hydrogens is 512 g/mol. The van der Waals surface area contributed by atoms with Gasteiger partial charge in [-0.25, -0.2) is 0 Å². The molecule has 196 valence electrons. The van der Waals surface area contributed by atoms with Crippen molar-refractivity contribution in [1.29, 1.82) is 0 Å². The van der Waals surface area contributed by atoms with Gasteiger partial charge in [0.25, 0.3) is 0 Å². The third-order valence-corrected chi connectivity index (χ3v) is 8.55. The molecule has 42 heavy (non-hydrogen) atoms. The summed E-state index contributed by atoms with van der Waals surface area (Å²) in [4.78, 5) is 0. The summed E-state index contributed by atoms with van der Waals surface area (Å²) in [7, 11) is 0. The standard InChI is InChI=1S/C40H24O2/c1-2-9-25(10-3-1)26-11-8-12-27(23-26)38-30-13-4-6-15-32(30)39(33-16-7-5-14-31(33)38)28-17-18-29-34-19-20-36-35(21-22-41-36)40(34)42-37(29)24-28/h1-24H. The van der Waals surface area contributed by atoms with E-state index in [0.717, 1.165) is 38.5 Å². The Morgan fingerprint density at radius 3 is 1.64 bits per heavy atom. The molecule has 2 heteroatoms. The van der Waals surface area contributed by atoms with Crippen molar-refractivity contribution in [3.05, 3.63) is 146 Å². The molecule has 9 rings (SSSR count). The van der Waals surface area contributed by atoms with E-state index in [-0.39, 0.29) is 0 Å². The van der Waals surface area contributed by atoms with Gasteiger partial charge in [-0.05, 0) is 91.3 Å². The van der Waals surface area contributed by atoms with E-state index in [1.54, 1.807) is 6.26 Å². The molecule has 0 spiro atoms. The second kappa shape index (κ2) is 8.95. The van der Waals surface area contributed by atoms with Gasteiger partial charge in [-0.3, -0.25) is 0 Å². The van der Waals surface area contributed by atoms with Crippen molar-refractivity contribution in [1.82, 2.24) is 0 Å². The Balaban J connectivity index is 1.32. The first kappa shape index (κ1) is 23.1. The predicted molar refractivity (Wildman–Crippen MR) is 175 cm³/mol. The average Bonchev–Trinajstić information content (AvgIpc) is 3.68. The summed E-state index contributed by atoms with van der Waals surface area (Å²) in [6.45, 7) is 0. The van der Waals surface area contributed by atoms with Gasteiger partial charge in [-0.2, -0.15) is 0 Å². The zero-order valence-corrected chi connectivity index (χ0v) is 22.7. The maximum Gasteiger partial charge on any atom is 0.146 e. The maximum absolute atomic E-state index is 6.50. The zero-order chi connectivity index (χ0) is 27.6. The molecule has 0 unspecified atom stereocenters. The van der Waals surface area contributed by atoms with Crippen molar-refractivity contribution in [2.75, 3.05) is 0 Å². The van der Waals surface area contributed by atoms with Crippen LogP contribution >= 0.6 is 0 Å². The van der Waals surface area contributed by atoms with Gasteiger partial charge in [0.15, 0.2) is 0 Å². The smallest absolute Gasteiger partial charge is 0.146 e. The summed E-state index contributed by atoms with van der Waals surface area (Å²) in [5.41, 5.74) is 9.86. The van der Waals surface area contributed by atoms with Gasteiger partial charge in [-0.1, -0.05) is 103 Å². The fraction of sp³-hybridized carbons (Fsp3) is 0. The second-order valence-electron chi connectivity index (χ2n) is 10.9. The molecule has 0 aliphatic heterocycles. The number of hydrogen-bond donors (Lipinski definition) is 0. The highest BCUT2D eigenvalue weighted by molar-refractivity contribution is 6.22. The number of fused-ring (bicyclic) bond motifs is 7. The SMILES string of the molecule is c1ccc(-c2cccc(-c3c4ccccc4c(-c4ccc5c(c4)oc4c6ccoc6ccc54)c4ccccc34)c2)cc1. The Labute approximate surface area is 242 Å². The van der Waals surface area contributed by atoms with Crippen LogP contribution in [0.5, 0.6) is 0 Å².